The molecule has 0 saturated carbocycles. The zero-order valence-electron chi connectivity index (χ0n) is 14.5. The second-order valence-corrected chi connectivity index (χ2v) is 6.69. The van der Waals surface area contributed by atoms with Crippen LogP contribution in [-0.2, 0) is 13.0 Å². The number of aryl methyl sites for hydroxylation is 1. The van der Waals surface area contributed by atoms with Gasteiger partial charge in [0.25, 0.3) is 0 Å². The van der Waals surface area contributed by atoms with Crippen molar-refractivity contribution >= 4 is 5.69 Å². The molecule has 0 radical (unpaired) electrons. The van der Waals surface area contributed by atoms with Gasteiger partial charge in [0, 0.05) is 18.8 Å². The van der Waals surface area contributed by atoms with Crippen LogP contribution in [0.1, 0.15) is 23.1 Å². The third-order valence-electron chi connectivity index (χ3n) is 4.98. The Balaban J connectivity index is 1.55. The van der Waals surface area contributed by atoms with Crippen molar-refractivity contribution in [2.24, 2.45) is 0 Å². The van der Waals surface area contributed by atoms with Crippen LogP contribution in [0.5, 0.6) is 5.75 Å². The normalized spacial score (nSPS) is 13.1. The molecule has 26 heavy (non-hydrogen) atoms. The molecule has 128 valence electrons. The van der Waals surface area contributed by atoms with Crippen LogP contribution in [0.25, 0.3) is 11.1 Å². The maximum absolute atomic E-state index is 9.66. The minimum absolute atomic E-state index is 0.0247. The average Bonchev–Trinajstić information content (AvgIpc) is 2.69. The molecule has 0 spiro atoms. The van der Waals surface area contributed by atoms with Gasteiger partial charge in [0.1, 0.15) is 11.8 Å². The zero-order valence-corrected chi connectivity index (χ0v) is 14.5. The highest BCUT2D eigenvalue weighted by molar-refractivity contribution is 5.67. The van der Waals surface area contributed by atoms with Crippen LogP contribution >= 0.6 is 0 Å². The van der Waals surface area contributed by atoms with E-state index in [0.29, 0.717) is 5.56 Å². The third-order valence-corrected chi connectivity index (χ3v) is 4.98. The number of hydrogen-bond acceptors (Lipinski definition) is 3. The van der Waals surface area contributed by atoms with Gasteiger partial charge in [0.15, 0.2) is 0 Å². The molecule has 4 rings (SSSR count). The minimum Gasteiger partial charge on any atom is -0.507 e. The number of fused-ring (bicyclic) bond motifs is 1. The fourth-order valence-electron chi connectivity index (χ4n) is 3.60. The van der Waals surface area contributed by atoms with Crippen molar-refractivity contribution in [3.63, 3.8) is 0 Å². The van der Waals surface area contributed by atoms with Gasteiger partial charge in [-0.05, 0) is 53.3 Å². The maximum Gasteiger partial charge on any atom is 0.133 e. The molecule has 3 aromatic rings. The minimum atomic E-state index is 0.0247. The largest absolute Gasteiger partial charge is 0.507 e. The van der Waals surface area contributed by atoms with E-state index in [1.165, 1.54) is 23.2 Å². The van der Waals surface area contributed by atoms with Crippen molar-refractivity contribution < 1.29 is 5.11 Å². The lowest BCUT2D eigenvalue weighted by Crippen LogP contribution is -2.28. The van der Waals surface area contributed by atoms with Crippen LogP contribution in [0.4, 0.5) is 5.69 Å². The lowest BCUT2D eigenvalue weighted by molar-refractivity contribution is 0.473. The molecule has 0 aliphatic carbocycles. The summed E-state index contributed by atoms with van der Waals surface area (Å²) in [5.41, 5.74) is 6.34. The van der Waals surface area contributed by atoms with Gasteiger partial charge in [0.05, 0.1) is 5.56 Å². The molecule has 0 saturated heterocycles. The van der Waals surface area contributed by atoms with Crippen molar-refractivity contribution in [1.29, 1.82) is 5.26 Å². The van der Waals surface area contributed by atoms with Crippen LogP contribution in [0.3, 0.4) is 0 Å². The molecule has 0 aromatic heterocycles. The highest BCUT2D eigenvalue weighted by Crippen LogP contribution is 2.29. The Labute approximate surface area is 153 Å². The number of nitrogens with zero attached hydrogens (tertiary/aromatic N) is 2. The number of nitriles is 1. The number of para-hydroxylation sites is 1. The topological polar surface area (TPSA) is 47.3 Å². The maximum atomic E-state index is 9.66. The van der Waals surface area contributed by atoms with E-state index < -0.39 is 0 Å². The molecule has 3 heteroatoms. The predicted octanol–water partition coefficient (Wildman–Crippen LogP) is 4.88. The first-order valence-corrected chi connectivity index (χ1v) is 8.90. The Morgan fingerprint density at radius 3 is 2.54 bits per heavy atom. The fourth-order valence-corrected chi connectivity index (χ4v) is 3.60. The summed E-state index contributed by atoms with van der Waals surface area (Å²) in [5, 5.41) is 18.7. The lowest BCUT2D eigenvalue weighted by atomic mass is 9.99. The Bertz CT molecular complexity index is 970. The van der Waals surface area contributed by atoms with E-state index >= 15 is 0 Å². The SMILES string of the molecule is N#Cc1cc(-c2ccc(CN3CCCc4ccccc43)cc2)ccc1O. The van der Waals surface area contributed by atoms with Gasteiger partial charge in [-0.3, -0.25) is 0 Å². The summed E-state index contributed by atoms with van der Waals surface area (Å²) >= 11 is 0. The number of hydrogen-bond donors (Lipinski definition) is 1. The second-order valence-electron chi connectivity index (χ2n) is 6.69. The lowest BCUT2D eigenvalue weighted by Gasteiger charge is -2.31. The monoisotopic (exact) mass is 340 g/mol. The molecular formula is C23H20N2O. The first-order valence-electron chi connectivity index (χ1n) is 8.90. The second kappa shape index (κ2) is 6.93. The molecule has 0 bridgehead atoms. The highest BCUT2D eigenvalue weighted by atomic mass is 16.3. The van der Waals surface area contributed by atoms with Crippen LogP contribution < -0.4 is 4.90 Å². The van der Waals surface area contributed by atoms with Crippen LogP contribution in [-0.4, -0.2) is 11.7 Å². The number of phenolic OH excluding ortho intramolecular Hbond substituents is 1. The van der Waals surface area contributed by atoms with Gasteiger partial charge in [0.2, 0.25) is 0 Å². The summed E-state index contributed by atoms with van der Waals surface area (Å²) in [6.07, 6.45) is 2.35. The molecule has 0 unspecified atom stereocenters. The summed E-state index contributed by atoms with van der Waals surface area (Å²) < 4.78 is 0. The summed E-state index contributed by atoms with van der Waals surface area (Å²) in [6, 6.07) is 24.3. The number of phenols is 1. The van der Waals surface area contributed by atoms with E-state index in [9.17, 15) is 5.11 Å². The van der Waals surface area contributed by atoms with Crippen molar-refractivity contribution in [3.05, 3.63) is 83.4 Å². The number of benzene rings is 3. The van der Waals surface area contributed by atoms with E-state index in [1.54, 1.807) is 12.1 Å². The summed E-state index contributed by atoms with van der Waals surface area (Å²) in [7, 11) is 0. The Morgan fingerprint density at radius 2 is 1.73 bits per heavy atom. The van der Waals surface area contributed by atoms with Gasteiger partial charge in [-0.1, -0.05) is 48.5 Å². The first kappa shape index (κ1) is 16.2. The van der Waals surface area contributed by atoms with Gasteiger partial charge in [-0.25, -0.2) is 0 Å². The summed E-state index contributed by atoms with van der Waals surface area (Å²) in [4.78, 5) is 2.45. The molecule has 3 aromatic carbocycles. The van der Waals surface area contributed by atoms with Crippen molar-refractivity contribution in [3.8, 4) is 22.9 Å². The molecule has 1 aliphatic heterocycles. The van der Waals surface area contributed by atoms with Gasteiger partial charge in [-0.15, -0.1) is 0 Å². The molecule has 3 nitrogen and oxygen atoms in total. The summed E-state index contributed by atoms with van der Waals surface area (Å²) in [5.74, 6) is 0.0247. The van der Waals surface area contributed by atoms with E-state index in [-0.39, 0.29) is 5.75 Å². The standard InChI is InChI=1S/C23H20N2O/c24-15-21-14-20(11-12-23(21)26)18-9-7-17(8-10-18)16-25-13-3-5-19-4-1-2-6-22(19)25/h1-2,4,6-12,14,26H,3,5,13,16H2. The molecule has 0 atom stereocenters. The van der Waals surface area contributed by atoms with Crippen LogP contribution in [0, 0.1) is 11.3 Å². The molecular weight excluding hydrogens is 320 g/mol. The van der Waals surface area contributed by atoms with Crippen molar-refractivity contribution in [1.82, 2.24) is 0 Å². The Hall–Kier alpha value is -3.25. The fraction of sp³-hybridized carbons (Fsp3) is 0.174. The van der Waals surface area contributed by atoms with Gasteiger partial charge < -0.3 is 10.0 Å². The van der Waals surface area contributed by atoms with Gasteiger partial charge in [-0.2, -0.15) is 5.26 Å². The highest BCUT2D eigenvalue weighted by Gasteiger charge is 2.16. The number of rotatable bonds is 3. The molecule has 0 fully saturated rings. The molecule has 0 amide bonds. The molecule has 1 heterocycles. The molecule has 1 N–H and O–H groups in total. The van der Waals surface area contributed by atoms with E-state index in [0.717, 1.165) is 30.6 Å². The average molecular weight is 340 g/mol. The number of anilines is 1. The Morgan fingerprint density at radius 1 is 0.962 bits per heavy atom. The quantitative estimate of drug-likeness (QED) is 0.739. The number of aromatic hydroxyl groups is 1. The van der Waals surface area contributed by atoms with Gasteiger partial charge >= 0.3 is 0 Å². The van der Waals surface area contributed by atoms with Crippen molar-refractivity contribution in [2.75, 3.05) is 11.4 Å². The van der Waals surface area contributed by atoms with Crippen molar-refractivity contribution in [2.45, 2.75) is 19.4 Å². The first-order chi connectivity index (χ1) is 12.7. The molecule has 1 aliphatic rings. The van der Waals surface area contributed by atoms with Crippen LogP contribution in [0.2, 0.25) is 0 Å². The van der Waals surface area contributed by atoms with E-state index in [4.69, 9.17) is 5.26 Å². The van der Waals surface area contributed by atoms with E-state index in [2.05, 4.69) is 53.4 Å². The Kier molecular flexibility index (Phi) is 4.33. The predicted molar refractivity (Wildman–Crippen MR) is 104 cm³/mol. The third kappa shape index (κ3) is 3.14. The smallest absolute Gasteiger partial charge is 0.133 e. The summed E-state index contributed by atoms with van der Waals surface area (Å²) in [6.45, 7) is 1.98. The van der Waals surface area contributed by atoms with Crippen LogP contribution in [0.15, 0.2) is 66.7 Å². The van der Waals surface area contributed by atoms with E-state index in [1.807, 2.05) is 12.1 Å². The zero-order chi connectivity index (χ0) is 17.9.